The van der Waals surface area contributed by atoms with E-state index >= 15 is 0 Å². The highest BCUT2D eigenvalue weighted by Gasteiger charge is 2.26. The fourth-order valence-electron chi connectivity index (χ4n) is 3.34. The van der Waals surface area contributed by atoms with Crippen molar-refractivity contribution in [2.24, 2.45) is 0 Å². The van der Waals surface area contributed by atoms with Gasteiger partial charge in [-0.2, -0.15) is 0 Å². The zero-order valence-electron chi connectivity index (χ0n) is 15.3. The van der Waals surface area contributed by atoms with Crippen LogP contribution < -0.4 is 0 Å². The molecule has 6 heteroatoms. The Morgan fingerprint density at radius 1 is 1.19 bits per heavy atom. The van der Waals surface area contributed by atoms with Gasteiger partial charge in [0.1, 0.15) is 0 Å². The molecule has 138 valence electrons. The van der Waals surface area contributed by atoms with Gasteiger partial charge in [-0.05, 0) is 50.3 Å². The number of hydrogen-bond donors (Lipinski definition) is 0. The van der Waals surface area contributed by atoms with Gasteiger partial charge in [0, 0.05) is 37.8 Å². The van der Waals surface area contributed by atoms with E-state index in [1.807, 2.05) is 24.0 Å². The van der Waals surface area contributed by atoms with Crippen molar-refractivity contribution in [1.29, 1.82) is 0 Å². The first-order chi connectivity index (χ1) is 12.7. The standard InChI is InChI=1S/C20H26N4O2/c1-16-19(23-12-11-22-16)6-5-18-15-26-14-13-24(18)20(25)4-2-3-17-7-9-21-10-8-17/h7-12,18H,2-6,13-15H2,1H3/t18-/m1/s1. The predicted octanol–water partition coefficient (Wildman–Crippen LogP) is 2.36. The predicted molar refractivity (Wildman–Crippen MR) is 98.6 cm³/mol. The second kappa shape index (κ2) is 9.38. The molecule has 1 amide bonds. The molecule has 0 N–H and O–H groups in total. The molecule has 0 spiro atoms. The van der Waals surface area contributed by atoms with Crippen molar-refractivity contribution in [3.05, 3.63) is 53.9 Å². The summed E-state index contributed by atoms with van der Waals surface area (Å²) in [5.74, 6) is 0.225. The highest BCUT2D eigenvalue weighted by Crippen LogP contribution is 2.16. The molecule has 1 atom stereocenters. The van der Waals surface area contributed by atoms with E-state index in [-0.39, 0.29) is 11.9 Å². The van der Waals surface area contributed by atoms with Crippen LogP contribution in [0, 0.1) is 6.92 Å². The third-order valence-electron chi connectivity index (χ3n) is 4.85. The highest BCUT2D eigenvalue weighted by atomic mass is 16.5. The largest absolute Gasteiger partial charge is 0.377 e. The number of nitrogens with zero attached hydrogens (tertiary/aromatic N) is 4. The molecule has 1 aliphatic heterocycles. The highest BCUT2D eigenvalue weighted by molar-refractivity contribution is 5.76. The SMILES string of the molecule is Cc1nccnc1CC[C@@H]1COCCN1C(=O)CCCc1ccncc1. The molecule has 0 saturated carbocycles. The molecule has 0 bridgehead atoms. The quantitative estimate of drug-likeness (QED) is 0.763. The smallest absolute Gasteiger partial charge is 0.222 e. The zero-order valence-corrected chi connectivity index (χ0v) is 15.3. The summed E-state index contributed by atoms with van der Waals surface area (Å²) in [6.07, 6.45) is 11.0. The summed E-state index contributed by atoms with van der Waals surface area (Å²) >= 11 is 0. The van der Waals surface area contributed by atoms with Crippen LogP contribution >= 0.6 is 0 Å². The molecule has 26 heavy (non-hydrogen) atoms. The van der Waals surface area contributed by atoms with Crippen molar-refractivity contribution in [1.82, 2.24) is 19.9 Å². The van der Waals surface area contributed by atoms with Gasteiger partial charge in [0.2, 0.25) is 5.91 Å². The van der Waals surface area contributed by atoms with Gasteiger partial charge < -0.3 is 9.64 Å². The van der Waals surface area contributed by atoms with Crippen molar-refractivity contribution in [3.63, 3.8) is 0 Å². The number of pyridine rings is 1. The lowest BCUT2D eigenvalue weighted by molar-refractivity contribution is -0.140. The molecule has 0 radical (unpaired) electrons. The molecule has 6 nitrogen and oxygen atoms in total. The van der Waals surface area contributed by atoms with Crippen LogP contribution in [-0.2, 0) is 22.4 Å². The van der Waals surface area contributed by atoms with Gasteiger partial charge in [-0.3, -0.25) is 19.7 Å². The molecule has 3 rings (SSSR count). The van der Waals surface area contributed by atoms with Gasteiger partial charge in [-0.1, -0.05) is 0 Å². The van der Waals surface area contributed by atoms with Gasteiger partial charge in [0.25, 0.3) is 0 Å². The van der Waals surface area contributed by atoms with E-state index in [0.29, 0.717) is 26.2 Å². The lowest BCUT2D eigenvalue weighted by Crippen LogP contribution is -2.48. The van der Waals surface area contributed by atoms with Gasteiger partial charge in [-0.15, -0.1) is 0 Å². The van der Waals surface area contributed by atoms with Crippen molar-refractivity contribution in [2.75, 3.05) is 19.8 Å². The van der Waals surface area contributed by atoms with E-state index in [1.165, 1.54) is 5.56 Å². The Morgan fingerprint density at radius 3 is 2.81 bits per heavy atom. The Labute approximate surface area is 154 Å². The number of morpholine rings is 1. The van der Waals surface area contributed by atoms with E-state index in [0.717, 1.165) is 37.1 Å². The van der Waals surface area contributed by atoms with Crippen LogP contribution in [0.3, 0.4) is 0 Å². The van der Waals surface area contributed by atoms with Crippen molar-refractivity contribution < 1.29 is 9.53 Å². The second-order valence-electron chi connectivity index (χ2n) is 6.65. The number of carbonyl (C=O) groups is 1. The van der Waals surface area contributed by atoms with Crippen molar-refractivity contribution >= 4 is 5.91 Å². The van der Waals surface area contributed by atoms with Crippen LogP contribution in [0.25, 0.3) is 0 Å². The van der Waals surface area contributed by atoms with Crippen LogP contribution in [0.2, 0.25) is 0 Å². The molecule has 1 saturated heterocycles. The minimum atomic E-state index is 0.124. The van der Waals surface area contributed by atoms with E-state index in [2.05, 4.69) is 15.0 Å². The van der Waals surface area contributed by atoms with Crippen LogP contribution in [0.15, 0.2) is 36.9 Å². The fourth-order valence-corrected chi connectivity index (χ4v) is 3.34. The summed E-state index contributed by atoms with van der Waals surface area (Å²) < 4.78 is 5.62. The summed E-state index contributed by atoms with van der Waals surface area (Å²) in [7, 11) is 0. The maximum atomic E-state index is 12.7. The third kappa shape index (κ3) is 5.08. The molecule has 1 fully saturated rings. The molecule has 0 aromatic carbocycles. The lowest BCUT2D eigenvalue weighted by atomic mass is 10.0. The Bertz CT molecular complexity index is 708. The zero-order chi connectivity index (χ0) is 18.2. The Morgan fingerprint density at radius 2 is 2.00 bits per heavy atom. The normalized spacial score (nSPS) is 17.3. The summed E-state index contributed by atoms with van der Waals surface area (Å²) in [5, 5.41) is 0. The molecular weight excluding hydrogens is 328 g/mol. The van der Waals surface area contributed by atoms with Crippen LogP contribution in [-0.4, -0.2) is 51.6 Å². The first kappa shape index (κ1) is 18.5. The minimum absolute atomic E-state index is 0.124. The summed E-state index contributed by atoms with van der Waals surface area (Å²) in [5.41, 5.74) is 3.19. The molecule has 2 aromatic heterocycles. The van der Waals surface area contributed by atoms with Crippen molar-refractivity contribution in [3.8, 4) is 0 Å². The number of hydrogen-bond acceptors (Lipinski definition) is 5. The monoisotopic (exact) mass is 354 g/mol. The minimum Gasteiger partial charge on any atom is -0.377 e. The summed E-state index contributed by atoms with van der Waals surface area (Å²) in [4.78, 5) is 27.4. The molecule has 0 aliphatic carbocycles. The Hall–Kier alpha value is -2.34. The second-order valence-corrected chi connectivity index (χ2v) is 6.65. The molecule has 0 unspecified atom stereocenters. The molecular formula is C20H26N4O2. The Kier molecular flexibility index (Phi) is 6.66. The van der Waals surface area contributed by atoms with Gasteiger partial charge in [0.05, 0.1) is 30.6 Å². The lowest BCUT2D eigenvalue weighted by Gasteiger charge is -2.36. The maximum absolute atomic E-state index is 12.7. The first-order valence-electron chi connectivity index (χ1n) is 9.26. The molecule has 1 aliphatic rings. The number of aromatic nitrogens is 3. The number of carbonyl (C=O) groups excluding carboxylic acids is 1. The van der Waals surface area contributed by atoms with E-state index in [4.69, 9.17) is 4.74 Å². The first-order valence-corrected chi connectivity index (χ1v) is 9.26. The van der Waals surface area contributed by atoms with Crippen LogP contribution in [0.1, 0.15) is 36.2 Å². The number of ether oxygens (including phenoxy) is 1. The van der Waals surface area contributed by atoms with Crippen LogP contribution in [0.5, 0.6) is 0 Å². The average Bonchev–Trinajstić information content (AvgIpc) is 2.68. The maximum Gasteiger partial charge on any atom is 0.222 e. The molecule has 3 heterocycles. The summed E-state index contributed by atoms with van der Waals surface area (Å²) in [6.45, 7) is 3.88. The fraction of sp³-hybridized carbons (Fsp3) is 0.500. The van der Waals surface area contributed by atoms with E-state index in [1.54, 1.807) is 24.8 Å². The van der Waals surface area contributed by atoms with Gasteiger partial charge in [0.15, 0.2) is 0 Å². The number of aryl methyl sites for hydroxylation is 3. The van der Waals surface area contributed by atoms with Crippen LogP contribution in [0.4, 0.5) is 0 Å². The van der Waals surface area contributed by atoms with Gasteiger partial charge in [-0.25, -0.2) is 0 Å². The number of rotatable bonds is 7. The van der Waals surface area contributed by atoms with E-state index in [9.17, 15) is 4.79 Å². The third-order valence-corrected chi connectivity index (χ3v) is 4.85. The Balaban J connectivity index is 1.51. The number of amides is 1. The van der Waals surface area contributed by atoms with Crippen molar-refractivity contribution in [2.45, 2.75) is 45.1 Å². The summed E-state index contributed by atoms with van der Waals surface area (Å²) in [6, 6.07) is 4.13. The molecule has 2 aromatic rings. The topological polar surface area (TPSA) is 68.2 Å². The average molecular weight is 354 g/mol. The van der Waals surface area contributed by atoms with E-state index < -0.39 is 0 Å². The van der Waals surface area contributed by atoms with Gasteiger partial charge >= 0.3 is 0 Å².